The van der Waals surface area contributed by atoms with E-state index in [0.717, 1.165) is 25.5 Å². The van der Waals surface area contributed by atoms with Crippen LogP contribution in [0.1, 0.15) is 46.0 Å². The molecule has 0 heterocycles. The predicted molar refractivity (Wildman–Crippen MR) is 50.6 cm³/mol. The number of rotatable bonds is 7. The van der Waals surface area contributed by atoms with Gasteiger partial charge in [0.05, 0.1) is 0 Å². The molecule has 0 bridgehead atoms. The predicted octanol–water partition coefficient (Wildman–Crippen LogP) is 2.25. The van der Waals surface area contributed by atoms with E-state index in [9.17, 15) is 9.59 Å². The molecule has 0 rings (SSSR count). The Hall–Kier alpha value is -0.860. The molecule has 0 amide bonds. The summed E-state index contributed by atoms with van der Waals surface area (Å²) in [5, 5.41) is 8.36. The van der Waals surface area contributed by atoms with Crippen molar-refractivity contribution < 1.29 is 14.7 Å². The number of aldehydes is 1. The van der Waals surface area contributed by atoms with E-state index in [-0.39, 0.29) is 11.8 Å². The van der Waals surface area contributed by atoms with Gasteiger partial charge in [-0.25, -0.2) is 0 Å². The van der Waals surface area contributed by atoms with Crippen LogP contribution in [0.3, 0.4) is 0 Å². The van der Waals surface area contributed by atoms with Gasteiger partial charge in [0.25, 0.3) is 0 Å². The maximum Gasteiger partial charge on any atom is 0.303 e. The highest BCUT2D eigenvalue weighted by Crippen LogP contribution is 2.20. The van der Waals surface area contributed by atoms with E-state index in [4.69, 9.17) is 5.11 Å². The van der Waals surface area contributed by atoms with Crippen molar-refractivity contribution in [3.63, 3.8) is 0 Å². The first kappa shape index (κ1) is 12.1. The molecule has 0 unspecified atom stereocenters. The lowest BCUT2D eigenvalue weighted by Crippen LogP contribution is -2.12. The Labute approximate surface area is 79.1 Å². The van der Waals surface area contributed by atoms with Crippen molar-refractivity contribution in [3.05, 3.63) is 0 Å². The van der Waals surface area contributed by atoms with E-state index < -0.39 is 5.97 Å². The van der Waals surface area contributed by atoms with Gasteiger partial charge >= 0.3 is 5.97 Å². The summed E-state index contributed by atoms with van der Waals surface area (Å²) in [6, 6.07) is 0. The van der Waals surface area contributed by atoms with Crippen molar-refractivity contribution >= 4 is 12.3 Å². The zero-order valence-corrected chi connectivity index (χ0v) is 8.38. The standard InChI is InChI=1S/C10H18O3/c1-10(2,8-11)7-5-3-4-6-9(12)13/h8H,3-7H2,1-2H3,(H,12,13). The number of aliphatic carboxylic acids is 1. The van der Waals surface area contributed by atoms with Crippen LogP contribution in [0.5, 0.6) is 0 Å². The molecule has 0 aromatic rings. The third kappa shape index (κ3) is 7.50. The third-order valence-corrected chi connectivity index (χ3v) is 2.03. The average molecular weight is 186 g/mol. The lowest BCUT2D eigenvalue weighted by atomic mass is 9.89. The minimum absolute atomic E-state index is 0.238. The Balaban J connectivity index is 3.35. The molecular weight excluding hydrogens is 168 g/mol. The van der Waals surface area contributed by atoms with E-state index in [1.165, 1.54) is 0 Å². The molecule has 0 atom stereocenters. The summed E-state index contributed by atoms with van der Waals surface area (Å²) in [7, 11) is 0. The van der Waals surface area contributed by atoms with Crippen LogP contribution in [0, 0.1) is 5.41 Å². The van der Waals surface area contributed by atoms with Crippen LogP contribution < -0.4 is 0 Å². The van der Waals surface area contributed by atoms with Crippen molar-refractivity contribution in [2.45, 2.75) is 46.0 Å². The van der Waals surface area contributed by atoms with Gasteiger partial charge in [-0.2, -0.15) is 0 Å². The molecule has 0 aliphatic carbocycles. The monoisotopic (exact) mass is 186 g/mol. The van der Waals surface area contributed by atoms with E-state index in [0.29, 0.717) is 6.42 Å². The summed E-state index contributed by atoms with van der Waals surface area (Å²) in [6.07, 6.45) is 4.58. The van der Waals surface area contributed by atoms with Gasteiger partial charge in [-0.1, -0.05) is 26.7 Å². The molecule has 0 radical (unpaired) electrons. The molecule has 0 aliphatic heterocycles. The highest BCUT2D eigenvalue weighted by atomic mass is 16.4. The topological polar surface area (TPSA) is 54.4 Å². The molecule has 0 fully saturated rings. The fraction of sp³-hybridized carbons (Fsp3) is 0.800. The summed E-state index contributed by atoms with van der Waals surface area (Å²) >= 11 is 0. The molecule has 0 aromatic heterocycles. The molecule has 0 aromatic carbocycles. The van der Waals surface area contributed by atoms with Gasteiger partial charge in [-0.05, 0) is 12.8 Å². The molecule has 0 saturated carbocycles. The number of carboxylic acid groups (broad SMARTS) is 1. The smallest absolute Gasteiger partial charge is 0.303 e. The van der Waals surface area contributed by atoms with Crippen LogP contribution in [0.4, 0.5) is 0 Å². The Kier molecular flexibility index (Phi) is 5.35. The van der Waals surface area contributed by atoms with Crippen molar-refractivity contribution in [2.24, 2.45) is 5.41 Å². The van der Waals surface area contributed by atoms with Crippen LogP contribution in [-0.2, 0) is 9.59 Å². The minimum atomic E-state index is -0.741. The van der Waals surface area contributed by atoms with Crippen LogP contribution >= 0.6 is 0 Å². The summed E-state index contributed by atoms with van der Waals surface area (Å²) in [4.78, 5) is 20.7. The van der Waals surface area contributed by atoms with Gasteiger partial charge < -0.3 is 9.90 Å². The van der Waals surface area contributed by atoms with Crippen LogP contribution in [0.2, 0.25) is 0 Å². The maximum absolute atomic E-state index is 10.5. The van der Waals surface area contributed by atoms with Gasteiger partial charge in [-0.15, -0.1) is 0 Å². The first-order chi connectivity index (χ1) is 5.98. The lowest BCUT2D eigenvalue weighted by Gasteiger charge is -2.15. The van der Waals surface area contributed by atoms with Gasteiger partial charge in [0.2, 0.25) is 0 Å². The van der Waals surface area contributed by atoms with Gasteiger partial charge in [-0.3, -0.25) is 4.79 Å². The Morgan fingerprint density at radius 3 is 2.38 bits per heavy atom. The molecule has 13 heavy (non-hydrogen) atoms. The highest BCUT2D eigenvalue weighted by Gasteiger charge is 2.15. The fourth-order valence-electron chi connectivity index (χ4n) is 1.09. The Morgan fingerprint density at radius 2 is 1.92 bits per heavy atom. The lowest BCUT2D eigenvalue weighted by molar-refractivity contribution is -0.137. The van der Waals surface area contributed by atoms with Crippen LogP contribution in [-0.4, -0.2) is 17.4 Å². The second-order valence-electron chi connectivity index (χ2n) is 4.06. The molecule has 0 aliphatic rings. The van der Waals surface area contributed by atoms with Crippen LogP contribution in [0.15, 0.2) is 0 Å². The summed E-state index contributed by atoms with van der Waals surface area (Å²) in [5.74, 6) is -0.741. The van der Waals surface area contributed by atoms with Gasteiger partial charge in [0.15, 0.2) is 0 Å². The first-order valence-corrected chi connectivity index (χ1v) is 4.66. The zero-order chi connectivity index (χ0) is 10.3. The zero-order valence-electron chi connectivity index (χ0n) is 8.38. The average Bonchev–Trinajstić information content (AvgIpc) is 2.03. The minimum Gasteiger partial charge on any atom is -0.481 e. The molecule has 76 valence electrons. The molecule has 0 saturated heterocycles. The van der Waals surface area contributed by atoms with Crippen molar-refractivity contribution in [3.8, 4) is 0 Å². The van der Waals surface area contributed by atoms with E-state index in [1.807, 2.05) is 13.8 Å². The number of carbonyl (C=O) groups is 2. The highest BCUT2D eigenvalue weighted by molar-refractivity contribution is 5.66. The van der Waals surface area contributed by atoms with E-state index >= 15 is 0 Å². The number of carbonyl (C=O) groups excluding carboxylic acids is 1. The first-order valence-electron chi connectivity index (χ1n) is 4.66. The fourth-order valence-corrected chi connectivity index (χ4v) is 1.09. The Morgan fingerprint density at radius 1 is 1.31 bits per heavy atom. The molecule has 3 heteroatoms. The van der Waals surface area contributed by atoms with Crippen LogP contribution in [0.25, 0.3) is 0 Å². The van der Waals surface area contributed by atoms with E-state index in [1.54, 1.807) is 0 Å². The summed E-state index contributed by atoms with van der Waals surface area (Å²) < 4.78 is 0. The SMILES string of the molecule is CC(C)(C=O)CCCCCC(=O)O. The van der Waals surface area contributed by atoms with E-state index in [2.05, 4.69) is 0 Å². The normalized spacial score (nSPS) is 11.2. The quantitative estimate of drug-likeness (QED) is 0.490. The number of hydrogen-bond acceptors (Lipinski definition) is 2. The Bertz CT molecular complexity index is 173. The molecule has 3 nitrogen and oxygen atoms in total. The number of hydrogen-bond donors (Lipinski definition) is 1. The summed E-state index contributed by atoms with van der Waals surface area (Å²) in [6.45, 7) is 3.80. The number of carboxylic acids is 1. The van der Waals surface area contributed by atoms with Gasteiger partial charge in [0, 0.05) is 11.8 Å². The number of unbranched alkanes of at least 4 members (excludes halogenated alkanes) is 2. The van der Waals surface area contributed by atoms with Crippen molar-refractivity contribution in [1.29, 1.82) is 0 Å². The molecule has 1 N–H and O–H groups in total. The van der Waals surface area contributed by atoms with Gasteiger partial charge in [0.1, 0.15) is 6.29 Å². The third-order valence-electron chi connectivity index (χ3n) is 2.03. The molecule has 0 spiro atoms. The largest absolute Gasteiger partial charge is 0.481 e. The second kappa shape index (κ2) is 5.73. The molecular formula is C10H18O3. The second-order valence-corrected chi connectivity index (χ2v) is 4.06. The van der Waals surface area contributed by atoms with Crippen molar-refractivity contribution in [2.75, 3.05) is 0 Å². The van der Waals surface area contributed by atoms with Crippen molar-refractivity contribution in [1.82, 2.24) is 0 Å². The maximum atomic E-state index is 10.5. The summed E-state index contributed by atoms with van der Waals surface area (Å²) in [5.41, 5.74) is -0.247.